The normalized spacial score (nSPS) is 9.94. The molecule has 0 saturated heterocycles. The van der Waals surface area contributed by atoms with Gasteiger partial charge in [-0.2, -0.15) is 0 Å². The second-order valence-electron chi connectivity index (χ2n) is 3.74. The largest absolute Gasteiger partial charge is 0.384 e. The van der Waals surface area contributed by atoms with Gasteiger partial charge in [0.25, 0.3) is 5.91 Å². The number of aryl methyl sites for hydroxylation is 1. The predicted octanol–water partition coefficient (Wildman–Crippen LogP) is 2.22. The van der Waals surface area contributed by atoms with Gasteiger partial charge < -0.3 is 11.1 Å². The molecule has 0 aliphatic rings. The molecule has 86 valence electrons. The molecule has 0 radical (unpaired) electrons. The van der Waals surface area contributed by atoms with E-state index >= 15 is 0 Å². The van der Waals surface area contributed by atoms with Crippen LogP contribution in [0.5, 0.6) is 0 Å². The van der Waals surface area contributed by atoms with Crippen molar-refractivity contribution in [3.63, 3.8) is 0 Å². The van der Waals surface area contributed by atoms with Crippen molar-refractivity contribution in [1.29, 1.82) is 0 Å². The van der Waals surface area contributed by atoms with Gasteiger partial charge in [-0.25, -0.2) is 4.98 Å². The van der Waals surface area contributed by atoms with E-state index in [2.05, 4.69) is 10.3 Å². The first-order chi connectivity index (χ1) is 8.16. The molecular weight excluding hydrogens is 214 g/mol. The molecule has 4 heteroatoms. The van der Waals surface area contributed by atoms with Crippen LogP contribution in [0.3, 0.4) is 0 Å². The number of hydrogen-bond acceptors (Lipinski definition) is 3. The van der Waals surface area contributed by atoms with Crippen LogP contribution in [0.2, 0.25) is 0 Å². The van der Waals surface area contributed by atoms with E-state index in [4.69, 9.17) is 5.73 Å². The minimum atomic E-state index is -0.179. The number of rotatable bonds is 2. The summed E-state index contributed by atoms with van der Waals surface area (Å²) in [5.74, 6) is 0.236. The number of amides is 1. The van der Waals surface area contributed by atoms with Crippen LogP contribution in [0, 0.1) is 6.92 Å². The third-order valence-electron chi connectivity index (χ3n) is 2.41. The summed E-state index contributed by atoms with van der Waals surface area (Å²) in [5.41, 5.74) is 7.64. The van der Waals surface area contributed by atoms with Crippen LogP contribution in [-0.4, -0.2) is 10.9 Å². The van der Waals surface area contributed by atoms with Crippen molar-refractivity contribution in [2.75, 3.05) is 11.1 Å². The number of pyridine rings is 1. The van der Waals surface area contributed by atoms with E-state index in [1.165, 1.54) is 6.20 Å². The molecule has 17 heavy (non-hydrogen) atoms. The van der Waals surface area contributed by atoms with Gasteiger partial charge in [0.15, 0.2) is 0 Å². The van der Waals surface area contributed by atoms with Crippen molar-refractivity contribution in [2.24, 2.45) is 0 Å². The SMILES string of the molecule is Cc1cc(N)ncc1C(=O)Nc1ccccc1. The zero-order valence-corrected chi connectivity index (χ0v) is 9.47. The van der Waals surface area contributed by atoms with Crippen molar-refractivity contribution >= 4 is 17.4 Å². The monoisotopic (exact) mass is 227 g/mol. The molecule has 0 saturated carbocycles. The highest BCUT2D eigenvalue weighted by molar-refractivity contribution is 6.05. The molecule has 1 aromatic carbocycles. The summed E-state index contributed by atoms with van der Waals surface area (Å²) in [6.45, 7) is 1.83. The van der Waals surface area contributed by atoms with Crippen molar-refractivity contribution in [3.05, 3.63) is 53.7 Å². The maximum atomic E-state index is 12.0. The Kier molecular flexibility index (Phi) is 3.05. The average molecular weight is 227 g/mol. The second kappa shape index (κ2) is 4.65. The van der Waals surface area contributed by atoms with E-state index in [-0.39, 0.29) is 5.91 Å². The van der Waals surface area contributed by atoms with Crippen LogP contribution in [0.25, 0.3) is 0 Å². The molecule has 2 rings (SSSR count). The lowest BCUT2D eigenvalue weighted by molar-refractivity contribution is 0.102. The lowest BCUT2D eigenvalue weighted by Crippen LogP contribution is -2.14. The quantitative estimate of drug-likeness (QED) is 0.826. The zero-order valence-electron chi connectivity index (χ0n) is 9.47. The number of carbonyl (C=O) groups excluding carboxylic acids is 1. The lowest BCUT2D eigenvalue weighted by atomic mass is 10.1. The molecule has 0 fully saturated rings. The Morgan fingerprint density at radius 2 is 2.00 bits per heavy atom. The van der Waals surface area contributed by atoms with Gasteiger partial charge in [-0.05, 0) is 30.7 Å². The fraction of sp³-hybridized carbons (Fsp3) is 0.0769. The third-order valence-corrected chi connectivity index (χ3v) is 2.41. The van der Waals surface area contributed by atoms with Crippen LogP contribution in [0.4, 0.5) is 11.5 Å². The third kappa shape index (κ3) is 2.60. The summed E-state index contributed by atoms with van der Waals surface area (Å²) in [5, 5.41) is 2.80. The number of nitrogens with zero attached hydrogens (tertiary/aromatic N) is 1. The first kappa shape index (κ1) is 11.1. The van der Waals surface area contributed by atoms with Crippen molar-refractivity contribution in [2.45, 2.75) is 6.92 Å². The Bertz CT molecular complexity index is 538. The van der Waals surface area contributed by atoms with Gasteiger partial charge in [-0.3, -0.25) is 4.79 Å². The Morgan fingerprint density at radius 3 is 2.65 bits per heavy atom. The van der Waals surface area contributed by atoms with Crippen LogP contribution in [-0.2, 0) is 0 Å². The molecule has 0 aliphatic carbocycles. The molecule has 0 spiro atoms. The fourth-order valence-electron chi connectivity index (χ4n) is 1.54. The average Bonchev–Trinajstić information content (AvgIpc) is 2.30. The van der Waals surface area contributed by atoms with Crippen molar-refractivity contribution < 1.29 is 4.79 Å². The summed E-state index contributed by atoms with van der Waals surface area (Å²) in [6.07, 6.45) is 1.49. The van der Waals surface area contributed by atoms with E-state index in [0.717, 1.165) is 11.3 Å². The highest BCUT2D eigenvalue weighted by atomic mass is 16.1. The molecular formula is C13H13N3O. The summed E-state index contributed by atoms with van der Waals surface area (Å²) >= 11 is 0. The molecule has 0 aliphatic heterocycles. The maximum Gasteiger partial charge on any atom is 0.257 e. The molecule has 2 aromatic rings. The van der Waals surface area contributed by atoms with E-state index < -0.39 is 0 Å². The summed E-state index contributed by atoms with van der Waals surface area (Å²) < 4.78 is 0. The second-order valence-corrected chi connectivity index (χ2v) is 3.74. The number of aromatic nitrogens is 1. The summed E-state index contributed by atoms with van der Waals surface area (Å²) in [7, 11) is 0. The Morgan fingerprint density at radius 1 is 1.29 bits per heavy atom. The van der Waals surface area contributed by atoms with Gasteiger partial charge in [0.1, 0.15) is 5.82 Å². The number of carbonyl (C=O) groups is 1. The Balaban J connectivity index is 2.21. The molecule has 4 nitrogen and oxygen atoms in total. The van der Waals surface area contributed by atoms with E-state index in [1.807, 2.05) is 37.3 Å². The van der Waals surface area contributed by atoms with Crippen LogP contribution >= 0.6 is 0 Å². The van der Waals surface area contributed by atoms with E-state index in [9.17, 15) is 4.79 Å². The fourth-order valence-corrected chi connectivity index (χ4v) is 1.54. The first-order valence-corrected chi connectivity index (χ1v) is 5.25. The smallest absolute Gasteiger partial charge is 0.257 e. The number of nitrogen functional groups attached to an aromatic ring is 1. The number of nitrogens with two attached hydrogens (primary N) is 1. The maximum absolute atomic E-state index is 12.0. The minimum Gasteiger partial charge on any atom is -0.384 e. The van der Waals surface area contributed by atoms with Gasteiger partial charge in [0, 0.05) is 11.9 Å². The highest BCUT2D eigenvalue weighted by Crippen LogP contribution is 2.12. The van der Waals surface area contributed by atoms with Crippen LogP contribution in [0.15, 0.2) is 42.6 Å². The Labute approximate surface area is 99.5 Å². The molecule has 0 unspecified atom stereocenters. The molecule has 1 aromatic heterocycles. The zero-order chi connectivity index (χ0) is 12.3. The number of nitrogens with one attached hydrogen (secondary N) is 1. The first-order valence-electron chi connectivity index (χ1n) is 5.25. The number of anilines is 2. The van der Waals surface area contributed by atoms with Gasteiger partial charge in [0.05, 0.1) is 5.56 Å². The topological polar surface area (TPSA) is 68.0 Å². The number of hydrogen-bond donors (Lipinski definition) is 2. The van der Waals surface area contributed by atoms with E-state index in [1.54, 1.807) is 6.07 Å². The van der Waals surface area contributed by atoms with Gasteiger partial charge >= 0.3 is 0 Å². The highest BCUT2D eigenvalue weighted by Gasteiger charge is 2.09. The number of para-hydroxylation sites is 1. The standard InChI is InChI=1S/C13H13N3O/c1-9-7-12(14)15-8-11(9)13(17)16-10-5-3-2-4-6-10/h2-8H,1H3,(H2,14,15)(H,16,17). The minimum absolute atomic E-state index is 0.179. The Hall–Kier alpha value is -2.36. The van der Waals surface area contributed by atoms with Crippen molar-refractivity contribution in [3.8, 4) is 0 Å². The molecule has 1 heterocycles. The van der Waals surface area contributed by atoms with Gasteiger partial charge in [-0.1, -0.05) is 18.2 Å². The van der Waals surface area contributed by atoms with Crippen LogP contribution in [0.1, 0.15) is 15.9 Å². The molecule has 0 atom stereocenters. The van der Waals surface area contributed by atoms with Crippen LogP contribution < -0.4 is 11.1 Å². The van der Waals surface area contributed by atoms with Gasteiger partial charge in [0.2, 0.25) is 0 Å². The molecule has 3 N–H and O–H groups in total. The van der Waals surface area contributed by atoms with E-state index in [0.29, 0.717) is 11.4 Å². The molecule has 0 bridgehead atoms. The molecule has 1 amide bonds. The summed E-state index contributed by atoms with van der Waals surface area (Å²) in [4.78, 5) is 15.9. The number of benzene rings is 1. The lowest BCUT2D eigenvalue weighted by Gasteiger charge is -2.07. The van der Waals surface area contributed by atoms with Crippen molar-refractivity contribution in [1.82, 2.24) is 4.98 Å². The van der Waals surface area contributed by atoms with Gasteiger partial charge in [-0.15, -0.1) is 0 Å². The summed E-state index contributed by atoms with van der Waals surface area (Å²) in [6, 6.07) is 11.0. The predicted molar refractivity (Wildman–Crippen MR) is 67.8 cm³/mol.